The minimum absolute atomic E-state index is 0.127. The van der Waals surface area contributed by atoms with Crippen LogP contribution in [0.25, 0.3) is 0 Å². The van der Waals surface area contributed by atoms with Crippen molar-refractivity contribution in [1.82, 2.24) is 19.7 Å². The second-order valence-electron chi connectivity index (χ2n) is 6.55. The van der Waals surface area contributed by atoms with Crippen LogP contribution in [0.4, 0.5) is 0 Å². The Labute approximate surface area is 141 Å². The first kappa shape index (κ1) is 15.3. The van der Waals surface area contributed by atoms with Crippen LogP contribution in [-0.2, 0) is 11.3 Å². The maximum atomic E-state index is 12.9. The second kappa shape index (κ2) is 6.73. The lowest BCUT2D eigenvalue weighted by Gasteiger charge is -2.43. The molecule has 2 aliphatic rings. The normalized spacial score (nSPS) is 23.8. The van der Waals surface area contributed by atoms with Crippen LogP contribution in [0.1, 0.15) is 41.6 Å². The van der Waals surface area contributed by atoms with Crippen molar-refractivity contribution in [3.8, 4) is 0 Å². The summed E-state index contributed by atoms with van der Waals surface area (Å²) in [6.45, 7) is 2.01. The predicted molar refractivity (Wildman–Crippen MR) is 88.6 cm³/mol. The van der Waals surface area contributed by atoms with E-state index in [1.54, 1.807) is 11.0 Å². The smallest absolute Gasteiger partial charge is 0.254 e. The van der Waals surface area contributed by atoms with Gasteiger partial charge in [-0.05, 0) is 30.5 Å². The lowest BCUT2D eigenvalue weighted by atomic mass is 9.89. The molecule has 2 aromatic rings. The summed E-state index contributed by atoms with van der Waals surface area (Å²) in [5.74, 6) is 0.127. The number of hydrogen-bond acceptors (Lipinski definition) is 4. The van der Waals surface area contributed by atoms with Gasteiger partial charge in [0.2, 0.25) is 0 Å². The van der Waals surface area contributed by atoms with Crippen molar-refractivity contribution in [2.45, 2.75) is 44.4 Å². The van der Waals surface area contributed by atoms with Crippen LogP contribution in [0.15, 0.2) is 36.9 Å². The van der Waals surface area contributed by atoms with Gasteiger partial charge in [-0.1, -0.05) is 25.0 Å². The third kappa shape index (κ3) is 3.06. The Morgan fingerprint density at radius 2 is 2.04 bits per heavy atom. The van der Waals surface area contributed by atoms with Crippen molar-refractivity contribution in [3.05, 3.63) is 48.0 Å². The van der Waals surface area contributed by atoms with Gasteiger partial charge in [0.15, 0.2) is 0 Å². The number of carbonyl (C=O) groups is 1. The maximum absolute atomic E-state index is 12.9. The molecular weight excluding hydrogens is 304 g/mol. The number of nitrogens with zero attached hydrogens (tertiary/aromatic N) is 4. The summed E-state index contributed by atoms with van der Waals surface area (Å²) >= 11 is 0. The summed E-state index contributed by atoms with van der Waals surface area (Å²) in [5, 5.41) is 4.10. The van der Waals surface area contributed by atoms with Crippen molar-refractivity contribution in [2.75, 3.05) is 13.2 Å². The van der Waals surface area contributed by atoms with Gasteiger partial charge >= 0.3 is 0 Å². The van der Waals surface area contributed by atoms with E-state index in [9.17, 15) is 4.79 Å². The van der Waals surface area contributed by atoms with E-state index in [0.717, 1.165) is 24.0 Å². The highest BCUT2D eigenvalue weighted by Crippen LogP contribution is 2.29. The number of morpholine rings is 1. The SMILES string of the molecule is O=C(c1ccc(Cn2cncn2)cc1)N1CCOC2CCCCC21. The first-order valence-electron chi connectivity index (χ1n) is 8.65. The third-order valence-electron chi connectivity index (χ3n) is 5.01. The molecule has 1 aromatic heterocycles. The summed E-state index contributed by atoms with van der Waals surface area (Å²) in [7, 11) is 0. The molecule has 6 nitrogen and oxygen atoms in total. The van der Waals surface area contributed by atoms with Crippen LogP contribution in [-0.4, -0.2) is 50.9 Å². The van der Waals surface area contributed by atoms with Crippen LogP contribution < -0.4 is 0 Å². The van der Waals surface area contributed by atoms with Gasteiger partial charge in [-0.3, -0.25) is 4.79 Å². The number of ether oxygens (including phenoxy) is 1. The third-order valence-corrected chi connectivity index (χ3v) is 5.01. The molecule has 1 aromatic carbocycles. The molecule has 1 saturated carbocycles. The molecule has 0 radical (unpaired) electrons. The fourth-order valence-corrected chi connectivity index (χ4v) is 3.77. The molecule has 2 heterocycles. The Kier molecular flexibility index (Phi) is 4.30. The summed E-state index contributed by atoms with van der Waals surface area (Å²) in [5.41, 5.74) is 1.86. The standard InChI is InChI=1S/C18H22N4O2/c23-18(22-9-10-24-17-4-2-1-3-16(17)22)15-7-5-14(6-8-15)11-21-13-19-12-20-21/h5-8,12-13,16-17H,1-4,9-11H2. The van der Waals surface area contributed by atoms with Gasteiger partial charge in [-0.2, -0.15) is 5.10 Å². The number of hydrogen-bond donors (Lipinski definition) is 0. The van der Waals surface area contributed by atoms with Gasteiger partial charge in [0.25, 0.3) is 5.91 Å². The van der Waals surface area contributed by atoms with Gasteiger partial charge in [0.05, 0.1) is 25.3 Å². The molecule has 1 aliphatic carbocycles. The molecule has 6 heteroatoms. The van der Waals surface area contributed by atoms with Gasteiger partial charge in [0.1, 0.15) is 12.7 Å². The van der Waals surface area contributed by atoms with Crippen LogP contribution in [0, 0.1) is 0 Å². The number of rotatable bonds is 3. The zero-order valence-corrected chi connectivity index (χ0v) is 13.7. The summed E-state index contributed by atoms with van der Waals surface area (Å²) in [6, 6.07) is 8.07. The van der Waals surface area contributed by atoms with Crippen LogP contribution in [0.5, 0.6) is 0 Å². The van der Waals surface area contributed by atoms with Crippen molar-refractivity contribution in [3.63, 3.8) is 0 Å². The monoisotopic (exact) mass is 326 g/mol. The maximum Gasteiger partial charge on any atom is 0.254 e. The summed E-state index contributed by atoms with van der Waals surface area (Å²) in [6.07, 6.45) is 7.97. The number of fused-ring (bicyclic) bond motifs is 1. The molecule has 0 spiro atoms. The Morgan fingerprint density at radius 1 is 1.21 bits per heavy atom. The van der Waals surface area contributed by atoms with E-state index in [-0.39, 0.29) is 18.1 Å². The highest BCUT2D eigenvalue weighted by atomic mass is 16.5. The second-order valence-corrected chi connectivity index (χ2v) is 6.55. The lowest BCUT2D eigenvalue weighted by Crippen LogP contribution is -2.54. The molecular formula is C18H22N4O2. The predicted octanol–water partition coefficient (Wildman–Crippen LogP) is 2.11. The molecule has 4 rings (SSSR count). The highest BCUT2D eigenvalue weighted by molar-refractivity contribution is 5.94. The molecule has 1 saturated heterocycles. The van der Waals surface area contributed by atoms with Crippen molar-refractivity contribution in [1.29, 1.82) is 0 Å². The number of benzene rings is 1. The van der Waals surface area contributed by atoms with E-state index in [0.29, 0.717) is 19.7 Å². The molecule has 24 heavy (non-hydrogen) atoms. The Balaban J connectivity index is 1.47. The summed E-state index contributed by atoms with van der Waals surface area (Å²) < 4.78 is 7.64. The van der Waals surface area contributed by atoms with Gasteiger partial charge in [-0.15, -0.1) is 0 Å². The van der Waals surface area contributed by atoms with Crippen LogP contribution in [0.3, 0.4) is 0 Å². The fraction of sp³-hybridized carbons (Fsp3) is 0.500. The van der Waals surface area contributed by atoms with E-state index >= 15 is 0 Å². The largest absolute Gasteiger partial charge is 0.374 e. The topological polar surface area (TPSA) is 60.2 Å². The van der Waals surface area contributed by atoms with Gasteiger partial charge in [0, 0.05) is 12.1 Å². The molecule has 0 bridgehead atoms. The molecule has 2 unspecified atom stereocenters. The highest BCUT2D eigenvalue weighted by Gasteiger charge is 2.36. The zero-order valence-electron chi connectivity index (χ0n) is 13.7. The lowest BCUT2D eigenvalue weighted by molar-refractivity contribution is -0.0752. The quantitative estimate of drug-likeness (QED) is 0.867. The Morgan fingerprint density at radius 3 is 2.83 bits per heavy atom. The first-order chi connectivity index (χ1) is 11.8. The van der Waals surface area contributed by atoms with E-state index < -0.39 is 0 Å². The fourth-order valence-electron chi connectivity index (χ4n) is 3.77. The molecule has 0 N–H and O–H groups in total. The number of aromatic nitrogens is 3. The molecule has 2 atom stereocenters. The minimum atomic E-state index is 0.127. The van der Waals surface area contributed by atoms with E-state index in [2.05, 4.69) is 10.1 Å². The van der Waals surface area contributed by atoms with Gasteiger partial charge in [-0.25, -0.2) is 9.67 Å². The molecule has 1 aliphatic heterocycles. The van der Waals surface area contributed by atoms with E-state index in [4.69, 9.17) is 4.74 Å². The number of amides is 1. The summed E-state index contributed by atoms with van der Waals surface area (Å²) in [4.78, 5) is 18.9. The zero-order chi connectivity index (χ0) is 16.4. The molecule has 2 fully saturated rings. The van der Waals surface area contributed by atoms with Crippen LogP contribution >= 0.6 is 0 Å². The molecule has 1 amide bonds. The van der Waals surface area contributed by atoms with E-state index in [1.807, 2.05) is 29.2 Å². The average Bonchev–Trinajstić information content (AvgIpc) is 3.14. The van der Waals surface area contributed by atoms with Gasteiger partial charge < -0.3 is 9.64 Å². The van der Waals surface area contributed by atoms with Crippen molar-refractivity contribution < 1.29 is 9.53 Å². The van der Waals surface area contributed by atoms with Crippen LogP contribution in [0.2, 0.25) is 0 Å². The molecule has 126 valence electrons. The Bertz CT molecular complexity index is 682. The minimum Gasteiger partial charge on any atom is -0.374 e. The number of carbonyl (C=O) groups excluding carboxylic acids is 1. The average molecular weight is 326 g/mol. The van der Waals surface area contributed by atoms with E-state index in [1.165, 1.54) is 19.2 Å². The first-order valence-corrected chi connectivity index (χ1v) is 8.65. The van der Waals surface area contributed by atoms with Crippen molar-refractivity contribution in [2.24, 2.45) is 0 Å². The Hall–Kier alpha value is -2.21. The van der Waals surface area contributed by atoms with Crippen molar-refractivity contribution >= 4 is 5.91 Å².